The molecule has 1 amide bonds. The first-order valence-corrected chi connectivity index (χ1v) is 6.83. The van der Waals surface area contributed by atoms with Gasteiger partial charge in [-0.3, -0.25) is 0 Å². The van der Waals surface area contributed by atoms with Crippen molar-refractivity contribution >= 4 is 29.3 Å². The van der Waals surface area contributed by atoms with Crippen LogP contribution in [0.5, 0.6) is 0 Å². The minimum absolute atomic E-state index is 0.228. The third-order valence-electron chi connectivity index (χ3n) is 3.44. The molecule has 2 fully saturated rings. The molecular formula is C12H19Cl2NO2. The van der Waals surface area contributed by atoms with Gasteiger partial charge in [0.2, 0.25) is 0 Å². The van der Waals surface area contributed by atoms with Gasteiger partial charge in [-0.25, -0.2) is 4.79 Å². The number of hydrogen-bond donors (Lipinski definition) is 0. The second-order valence-corrected chi connectivity index (χ2v) is 7.38. The standard InChI is InChI=1S/C12H19Cl2NO2/c1-11(2,3)17-10(16)15-6-4-8-9(5-7-15)12(8,13)14/h8-9H,4-7H2,1-3H3. The Morgan fingerprint density at radius 1 is 1.24 bits per heavy atom. The molecule has 2 aliphatic rings. The number of fused-ring (bicyclic) bond motifs is 1. The molecule has 2 rings (SSSR count). The van der Waals surface area contributed by atoms with Crippen LogP contribution in [0.1, 0.15) is 33.6 Å². The van der Waals surface area contributed by atoms with Crippen LogP contribution in [0.4, 0.5) is 4.79 Å². The van der Waals surface area contributed by atoms with Crippen molar-refractivity contribution in [3.8, 4) is 0 Å². The van der Waals surface area contributed by atoms with E-state index in [1.54, 1.807) is 4.90 Å². The van der Waals surface area contributed by atoms with Crippen molar-refractivity contribution in [3.63, 3.8) is 0 Å². The monoisotopic (exact) mass is 279 g/mol. The summed E-state index contributed by atoms with van der Waals surface area (Å²) >= 11 is 12.3. The van der Waals surface area contributed by atoms with Crippen molar-refractivity contribution in [2.75, 3.05) is 13.1 Å². The van der Waals surface area contributed by atoms with Gasteiger partial charge in [0.15, 0.2) is 0 Å². The van der Waals surface area contributed by atoms with Crippen molar-refractivity contribution in [1.29, 1.82) is 0 Å². The van der Waals surface area contributed by atoms with E-state index in [9.17, 15) is 4.79 Å². The molecule has 1 aliphatic heterocycles. The van der Waals surface area contributed by atoms with Crippen LogP contribution in [0.2, 0.25) is 0 Å². The first kappa shape index (κ1) is 13.3. The number of nitrogens with zero attached hydrogens (tertiary/aromatic N) is 1. The molecule has 0 radical (unpaired) electrons. The fraction of sp³-hybridized carbons (Fsp3) is 0.917. The van der Waals surface area contributed by atoms with E-state index in [0.717, 1.165) is 12.8 Å². The molecule has 0 aromatic heterocycles. The molecule has 3 nitrogen and oxygen atoms in total. The Kier molecular flexibility index (Phi) is 3.28. The van der Waals surface area contributed by atoms with Crippen molar-refractivity contribution in [3.05, 3.63) is 0 Å². The molecule has 1 aliphatic carbocycles. The van der Waals surface area contributed by atoms with Crippen molar-refractivity contribution in [2.45, 2.75) is 43.5 Å². The van der Waals surface area contributed by atoms with Gasteiger partial charge in [0.05, 0.1) is 0 Å². The maximum Gasteiger partial charge on any atom is 0.410 e. The van der Waals surface area contributed by atoms with E-state index in [2.05, 4.69) is 0 Å². The van der Waals surface area contributed by atoms with Gasteiger partial charge in [-0.15, -0.1) is 23.2 Å². The second kappa shape index (κ2) is 4.20. The van der Waals surface area contributed by atoms with E-state index >= 15 is 0 Å². The molecule has 0 aromatic carbocycles. The molecule has 1 saturated carbocycles. The molecule has 0 spiro atoms. The fourth-order valence-electron chi connectivity index (χ4n) is 2.46. The molecule has 98 valence electrons. The van der Waals surface area contributed by atoms with Crippen LogP contribution in [-0.2, 0) is 4.74 Å². The lowest BCUT2D eigenvalue weighted by molar-refractivity contribution is 0.0251. The zero-order chi connectivity index (χ0) is 12.8. The number of hydrogen-bond acceptors (Lipinski definition) is 2. The summed E-state index contributed by atoms with van der Waals surface area (Å²) in [5.74, 6) is 0.691. The molecule has 5 heteroatoms. The molecule has 1 heterocycles. The normalized spacial score (nSPS) is 31.5. The van der Waals surface area contributed by atoms with Crippen LogP contribution in [-0.4, -0.2) is 34.0 Å². The SMILES string of the molecule is CC(C)(C)OC(=O)N1CCC2C(CC1)C2(Cl)Cl. The van der Waals surface area contributed by atoms with E-state index in [0.29, 0.717) is 24.9 Å². The number of carbonyl (C=O) groups is 1. The quantitative estimate of drug-likeness (QED) is 0.636. The molecule has 0 aromatic rings. The molecular weight excluding hydrogens is 261 g/mol. The maximum absolute atomic E-state index is 11.9. The van der Waals surface area contributed by atoms with Crippen LogP contribution in [0, 0.1) is 11.8 Å². The highest BCUT2D eigenvalue weighted by Crippen LogP contribution is 2.63. The number of likely N-dealkylation sites (tertiary alicyclic amines) is 1. The topological polar surface area (TPSA) is 29.5 Å². The summed E-state index contributed by atoms with van der Waals surface area (Å²) in [4.78, 5) is 13.7. The summed E-state index contributed by atoms with van der Waals surface area (Å²) in [6.07, 6.45) is 1.52. The van der Waals surface area contributed by atoms with Crippen molar-refractivity contribution < 1.29 is 9.53 Å². The summed E-state index contributed by atoms with van der Waals surface area (Å²) in [6, 6.07) is 0. The zero-order valence-electron chi connectivity index (χ0n) is 10.5. The highest BCUT2D eigenvalue weighted by atomic mass is 35.5. The highest BCUT2D eigenvalue weighted by Gasteiger charge is 2.62. The van der Waals surface area contributed by atoms with E-state index in [-0.39, 0.29) is 6.09 Å². The lowest BCUT2D eigenvalue weighted by atomic mass is 10.2. The van der Waals surface area contributed by atoms with Gasteiger partial charge in [0, 0.05) is 13.1 Å². The minimum Gasteiger partial charge on any atom is -0.444 e. The summed E-state index contributed by atoms with van der Waals surface area (Å²) in [5, 5.41) is 0. The number of amides is 1. The fourth-order valence-corrected chi connectivity index (χ4v) is 3.38. The van der Waals surface area contributed by atoms with Crippen molar-refractivity contribution in [1.82, 2.24) is 4.90 Å². The second-order valence-electron chi connectivity index (χ2n) is 5.93. The van der Waals surface area contributed by atoms with Gasteiger partial charge in [0.25, 0.3) is 0 Å². The van der Waals surface area contributed by atoms with E-state index in [1.165, 1.54) is 0 Å². The molecule has 17 heavy (non-hydrogen) atoms. The van der Waals surface area contributed by atoms with Gasteiger partial charge in [0.1, 0.15) is 9.93 Å². The van der Waals surface area contributed by atoms with Crippen LogP contribution in [0.3, 0.4) is 0 Å². The number of carbonyl (C=O) groups excluding carboxylic acids is 1. The Balaban J connectivity index is 1.88. The molecule has 0 N–H and O–H groups in total. The lowest BCUT2D eigenvalue weighted by Gasteiger charge is -2.27. The molecule has 0 bridgehead atoms. The highest BCUT2D eigenvalue weighted by molar-refractivity contribution is 6.51. The maximum atomic E-state index is 11.9. The third kappa shape index (κ3) is 2.82. The third-order valence-corrected chi connectivity index (χ3v) is 4.56. The van der Waals surface area contributed by atoms with Gasteiger partial charge < -0.3 is 9.64 Å². The van der Waals surface area contributed by atoms with Gasteiger partial charge >= 0.3 is 6.09 Å². The largest absolute Gasteiger partial charge is 0.444 e. The number of ether oxygens (including phenoxy) is 1. The van der Waals surface area contributed by atoms with Crippen LogP contribution in [0.25, 0.3) is 0 Å². The van der Waals surface area contributed by atoms with E-state index in [1.807, 2.05) is 20.8 Å². The van der Waals surface area contributed by atoms with Gasteiger partial charge in [-0.05, 0) is 45.4 Å². The average molecular weight is 280 g/mol. The van der Waals surface area contributed by atoms with Gasteiger partial charge in [-0.1, -0.05) is 0 Å². The lowest BCUT2D eigenvalue weighted by Crippen LogP contribution is -2.38. The number of rotatable bonds is 0. The minimum atomic E-state index is -0.542. The zero-order valence-corrected chi connectivity index (χ0v) is 12.0. The first-order chi connectivity index (χ1) is 7.72. The smallest absolute Gasteiger partial charge is 0.410 e. The van der Waals surface area contributed by atoms with E-state index in [4.69, 9.17) is 27.9 Å². The first-order valence-electron chi connectivity index (χ1n) is 6.07. The van der Waals surface area contributed by atoms with Crippen LogP contribution >= 0.6 is 23.2 Å². The Labute approximate surface area is 112 Å². The Bertz CT molecular complexity index is 309. The predicted molar refractivity (Wildman–Crippen MR) is 68.5 cm³/mol. The predicted octanol–water partition coefficient (Wildman–Crippen LogP) is 3.44. The number of alkyl halides is 2. The Morgan fingerprint density at radius 2 is 1.71 bits per heavy atom. The van der Waals surface area contributed by atoms with Gasteiger partial charge in [-0.2, -0.15) is 0 Å². The van der Waals surface area contributed by atoms with Crippen molar-refractivity contribution in [2.24, 2.45) is 11.8 Å². The van der Waals surface area contributed by atoms with Crippen LogP contribution in [0.15, 0.2) is 0 Å². The van der Waals surface area contributed by atoms with E-state index < -0.39 is 9.93 Å². The molecule has 2 atom stereocenters. The average Bonchev–Trinajstić information content (AvgIpc) is 2.74. The summed E-state index contributed by atoms with van der Waals surface area (Å²) in [6.45, 7) is 7.02. The van der Waals surface area contributed by atoms with Crippen LogP contribution < -0.4 is 0 Å². The summed E-state index contributed by atoms with van der Waals surface area (Å²) < 4.78 is 4.81. The molecule has 2 unspecified atom stereocenters. The summed E-state index contributed by atoms with van der Waals surface area (Å²) in [5.41, 5.74) is -0.435. The molecule has 1 saturated heterocycles. The summed E-state index contributed by atoms with van der Waals surface area (Å²) in [7, 11) is 0. The number of halogens is 2. The Hall–Kier alpha value is -0.150. The Morgan fingerprint density at radius 3 is 2.12 bits per heavy atom.